The van der Waals surface area contributed by atoms with Crippen molar-refractivity contribution < 1.29 is 9.53 Å². The van der Waals surface area contributed by atoms with E-state index >= 15 is 0 Å². The minimum atomic E-state index is -0.268. The van der Waals surface area contributed by atoms with Crippen LogP contribution in [-0.2, 0) is 4.79 Å². The molecule has 1 amide bonds. The highest BCUT2D eigenvalue weighted by atomic mass is 16.5. The number of hydrogen-bond acceptors (Lipinski definition) is 3. The highest BCUT2D eigenvalue weighted by Crippen LogP contribution is 2.25. The molecule has 1 aromatic carbocycles. The zero-order valence-corrected chi connectivity index (χ0v) is 10.1. The number of hydrogen-bond donors (Lipinski definition) is 2. The number of benzene rings is 1. The normalized spacial score (nSPS) is 11.8. The van der Waals surface area contributed by atoms with Crippen molar-refractivity contribution in [3.05, 3.63) is 23.8 Å². The number of nitrogens with one attached hydrogen (secondary N) is 2. The van der Waals surface area contributed by atoms with Gasteiger partial charge >= 0.3 is 0 Å². The van der Waals surface area contributed by atoms with Gasteiger partial charge < -0.3 is 15.4 Å². The molecular formula is C12H18N2O2. The van der Waals surface area contributed by atoms with Gasteiger partial charge in [0.15, 0.2) is 0 Å². The minimum Gasteiger partial charge on any atom is -0.496 e. The molecule has 0 saturated carbocycles. The number of carbonyl (C=O) groups excluding carboxylic acids is 1. The number of ether oxygens (including phenoxy) is 1. The molecule has 0 fully saturated rings. The Labute approximate surface area is 96.0 Å². The van der Waals surface area contributed by atoms with Gasteiger partial charge in [-0.25, -0.2) is 0 Å². The Morgan fingerprint density at radius 1 is 1.44 bits per heavy atom. The maximum Gasteiger partial charge on any atom is 0.241 e. The molecule has 4 heteroatoms. The van der Waals surface area contributed by atoms with Gasteiger partial charge in [0.05, 0.1) is 7.11 Å². The highest BCUT2D eigenvalue weighted by molar-refractivity contribution is 5.84. The maximum absolute atomic E-state index is 11.4. The van der Waals surface area contributed by atoms with Crippen LogP contribution in [0.15, 0.2) is 18.2 Å². The summed E-state index contributed by atoms with van der Waals surface area (Å²) in [5.41, 5.74) is 1.91. The van der Waals surface area contributed by atoms with Crippen molar-refractivity contribution in [2.24, 2.45) is 0 Å². The van der Waals surface area contributed by atoms with Crippen LogP contribution < -0.4 is 15.4 Å². The summed E-state index contributed by atoms with van der Waals surface area (Å²) in [6.45, 7) is 3.77. The van der Waals surface area contributed by atoms with Crippen molar-refractivity contribution in [2.75, 3.05) is 19.5 Å². The van der Waals surface area contributed by atoms with Crippen LogP contribution in [0.25, 0.3) is 0 Å². The Morgan fingerprint density at radius 2 is 2.12 bits per heavy atom. The largest absolute Gasteiger partial charge is 0.496 e. The Kier molecular flexibility index (Phi) is 4.17. The fraction of sp³-hybridized carbons (Fsp3) is 0.417. The van der Waals surface area contributed by atoms with Crippen molar-refractivity contribution in [1.82, 2.24) is 5.32 Å². The van der Waals surface area contributed by atoms with Crippen LogP contribution in [0.3, 0.4) is 0 Å². The molecule has 0 heterocycles. The Bertz CT molecular complexity index is 377. The van der Waals surface area contributed by atoms with Gasteiger partial charge in [0.1, 0.15) is 11.8 Å². The van der Waals surface area contributed by atoms with Crippen LogP contribution in [0.4, 0.5) is 5.69 Å². The molecule has 0 aliphatic carbocycles. The molecule has 1 atom stereocenters. The summed E-state index contributed by atoms with van der Waals surface area (Å²) in [5.74, 6) is 0.774. The molecule has 1 aromatic rings. The van der Waals surface area contributed by atoms with Gasteiger partial charge in [-0.15, -0.1) is 0 Å². The van der Waals surface area contributed by atoms with Crippen LogP contribution in [0, 0.1) is 6.92 Å². The zero-order chi connectivity index (χ0) is 12.1. The van der Waals surface area contributed by atoms with E-state index in [9.17, 15) is 4.79 Å². The number of likely N-dealkylation sites (N-methyl/N-ethyl adjacent to an activating group) is 1. The van der Waals surface area contributed by atoms with Crippen molar-refractivity contribution in [3.63, 3.8) is 0 Å². The first-order valence-corrected chi connectivity index (χ1v) is 5.22. The molecule has 0 spiro atoms. The molecule has 0 radical (unpaired) electrons. The lowest BCUT2D eigenvalue weighted by Crippen LogP contribution is -2.35. The van der Waals surface area contributed by atoms with Gasteiger partial charge in [-0.2, -0.15) is 0 Å². The maximum atomic E-state index is 11.4. The minimum absolute atomic E-state index is 0.0396. The Hall–Kier alpha value is -1.71. The Morgan fingerprint density at radius 3 is 2.69 bits per heavy atom. The lowest BCUT2D eigenvalue weighted by molar-refractivity contribution is -0.121. The predicted molar refractivity (Wildman–Crippen MR) is 64.9 cm³/mol. The van der Waals surface area contributed by atoms with Gasteiger partial charge in [-0.3, -0.25) is 4.79 Å². The van der Waals surface area contributed by atoms with E-state index in [1.54, 1.807) is 14.2 Å². The predicted octanol–water partition coefficient (Wildman–Crippen LogP) is 1.55. The standard InChI is InChI=1S/C12H18N2O2/c1-8-10(6-5-7-11(8)16-4)14-9(2)12(15)13-3/h5-7,9,14H,1-4H3,(H,13,15). The first kappa shape index (κ1) is 12.4. The molecular weight excluding hydrogens is 204 g/mol. The van der Waals surface area contributed by atoms with E-state index in [2.05, 4.69) is 10.6 Å². The fourth-order valence-electron chi connectivity index (χ4n) is 1.51. The zero-order valence-electron chi connectivity index (χ0n) is 10.1. The molecule has 2 N–H and O–H groups in total. The fourth-order valence-corrected chi connectivity index (χ4v) is 1.51. The molecule has 1 unspecified atom stereocenters. The van der Waals surface area contributed by atoms with Gasteiger partial charge in [0.25, 0.3) is 0 Å². The van der Waals surface area contributed by atoms with Crippen LogP contribution in [0.1, 0.15) is 12.5 Å². The van der Waals surface area contributed by atoms with E-state index in [-0.39, 0.29) is 11.9 Å². The van der Waals surface area contributed by atoms with Crippen molar-refractivity contribution in [2.45, 2.75) is 19.9 Å². The average molecular weight is 222 g/mol. The molecule has 0 aromatic heterocycles. The molecule has 88 valence electrons. The van der Waals surface area contributed by atoms with E-state index in [0.29, 0.717) is 0 Å². The van der Waals surface area contributed by atoms with Gasteiger partial charge in [-0.05, 0) is 26.0 Å². The summed E-state index contributed by atoms with van der Waals surface area (Å²) in [6, 6.07) is 5.45. The average Bonchev–Trinajstić information content (AvgIpc) is 2.30. The van der Waals surface area contributed by atoms with E-state index in [0.717, 1.165) is 17.0 Å². The second-order valence-electron chi connectivity index (χ2n) is 3.61. The summed E-state index contributed by atoms with van der Waals surface area (Å²) in [5, 5.41) is 5.74. The highest BCUT2D eigenvalue weighted by Gasteiger charge is 2.12. The first-order chi connectivity index (χ1) is 7.60. The van der Waals surface area contributed by atoms with Crippen LogP contribution in [0.5, 0.6) is 5.75 Å². The smallest absolute Gasteiger partial charge is 0.241 e. The number of carbonyl (C=O) groups is 1. The molecule has 0 bridgehead atoms. The second-order valence-corrected chi connectivity index (χ2v) is 3.61. The van der Waals surface area contributed by atoms with Crippen LogP contribution >= 0.6 is 0 Å². The molecule has 0 aliphatic rings. The van der Waals surface area contributed by atoms with Gasteiger partial charge in [0.2, 0.25) is 5.91 Å². The quantitative estimate of drug-likeness (QED) is 0.812. The first-order valence-electron chi connectivity index (χ1n) is 5.22. The topological polar surface area (TPSA) is 50.4 Å². The summed E-state index contributed by atoms with van der Waals surface area (Å²) in [7, 11) is 3.26. The summed E-state index contributed by atoms with van der Waals surface area (Å²) in [6.07, 6.45) is 0. The number of methoxy groups -OCH3 is 1. The SMILES string of the molecule is CNC(=O)C(C)Nc1cccc(OC)c1C. The number of anilines is 1. The van der Waals surface area contributed by atoms with E-state index in [1.165, 1.54) is 0 Å². The van der Waals surface area contributed by atoms with Crippen molar-refractivity contribution >= 4 is 11.6 Å². The molecule has 1 rings (SSSR count). The van der Waals surface area contributed by atoms with Crippen molar-refractivity contribution in [1.29, 1.82) is 0 Å². The monoisotopic (exact) mass is 222 g/mol. The Balaban J connectivity index is 2.85. The third kappa shape index (κ3) is 2.66. The number of rotatable bonds is 4. The molecule has 16 heavy (non-hydrogen) atoms. The van der Waals surface area contributed by atoms with E-state index in [4.69, 9.17) is 4.74 Å². The van der Waals surface area contributed by atoms with Crippen LogP contribution in [0.2, 0.25) is 0 Å². The van der Waals surface area contributed by atoms with E-state index < -0.39 is 0 Å². The lowest BCUT2D eigenvalue weighted by atomic mass is 10.1. The third-order valence-electron chi connectivity index (χ3n) is 2.52. The van der Waals surface area contributed by atoms with Gasteiger partial charge in [-0.1, -0.05) is 6.07 Å². The summed E-state index contributed by atoms with van der Waals surface area (Å²) < 4.78 is 5.21. The second kappa shape index (κ2) is 5.39. The van der Waals surface area contributed by atoms with Crippen molar-refractivity contribution in [3.8, 4) is 5.75 Å². The van der Waals surface area contributed by atoms with E-state index in [1.807, 2.05) is 32.0 Å². The van der Waals surface area contributed by atoms with Crippen LogP contribution in [-0.4, -0.2) is 26.1 Å². The number of amides is 1. The lowest BCUT2D eigenvalue weighted by Gasteiger charge is -2.17. The van der Waals surface area contributed by atoms with Gasteiger partial charge in [0, 0.05) is 18.3 Å². The molecule has 4 nitrogen and oxygen atoms in total. The summed E-state index contributed by atoms with van der Waals surface area (Å²) in [4.78, 5) is 11.4. The molecule has 0 aliphatic heterocycles. The third-order valence-corrected chi connectivity index (χ3v) is 2.52. The molecule has 0 saturated heterocycles. The summed E-state index contributed by atoms with van der Waals surface area (Å²) >= 11 is 0.